The standard InChI is InChI=1S/C28H21BrClN3O7/c1-15-3-7-18(13-22(15)30)31-24(34)14-40-23-10-4-16(12-21(23)29)11-20-25(35)32-28(38)33(26(20)36)19-8-5-17(6-9-19)27(37)39-2/h3-13H,14H2,1-2H3,(H,31,34)(H,32,35,38)/b20-11-. The summed E-state index contributed by atoms with van der Waals surface area (Å²) in [6, 6.07) is 14.5. The molecule has 2 N–H and O–H groups in total. The number of ether oxygens (including phenoxy) is 2. The summed E-state index contributed by atoms with van der Waals surface area (Å²) in [5, 5.41) is 5.37. The van der Waals surface area contributed by atoms with Crippen molar-refractivity contribution in [3.63, 3.8) is 0 Å². The van der Waals surface area contributed by atoms with Crippen molar-refractivity contribution in [3.05, 3.63) is 92.4 Å². The van der Waals surface area contributed by atoms with Gasteiger partial charge in [-0.1, -0.05) is 23.7 Å². The van der Waals surface area contributed by atoms with Crippen LogP contribution in [0.15, 0.2) is 70.7 Å². The zero-order chi connectivity index (χ0) is 29.0. The average Bonchev–Trinajstić information content (AvgIpc) is 2.92. The number of amides is 5. The Kier molecular flexibility index (Phi) is 8.66. The van der Waals surface area contributed by atoms with E-state index in [4.69, 9.17) is 16.3 Å². The second kappa shape index (κ2) is 12.1. The van der Waals surface area contributed by atoms with Crippen LogP contribution >= 0.6 is 27.5 Å². The van der Waals surface area contributed by atoms with Crippen LogP contribution in [0.1, 0.15) is 21.5 Å². The number of hydrogen-bond acceptors (Lipinski definition) is 7. The monoisotopic (exact) mass is 625 g/mol. The third kappa shape index (κ3) is 6.38. The Morgan fingerprint density at radius 2 is 1.77 bits per heavy atom. The fourth-order valence-electron chi connectivity index (χ4n) is 3.66. The molecule has 0 aromatic heterocycles. The van der Waals surface area contributed by atoms with Crippen LogP contribution in [0.2, 0.25) is 5.02 Å². The summed E-state index contributed by atoms with van der Waals surface area (Å²) in [5.74, 6) is -2.33. The SMILES string of the molecule is COC(=O)c1ccc(N2C(=O)NC(=O)/C(=C/c3ccc(OCC(=O)Nc4ccc(C)c(Cl)c4)c(Br)c3)C2=O)cc1. The van der Waals surface area contributed by atoms with E-state index < -0.39 is 29.7 Å². The van der Waals surface area contributed by atoms with E-state index in [1.807, 2.05) is 6.92 Å². The number of imide groups is 2. The van der Waals surface area contributed by atoms with Crippen molar-refractivity contribution in [2.75, 3.05) is 23.9 Å². The van der Waals surface area contributed by atoms with Crippen LogP contribution < -0.4 is 20.3 Å². The Hall–Kier alpha value is -4.48. The highest BCUT2D eigenvalue weighted by molar-refractivity contribution is 9.10. The number of aryl methyl sites for hydroxylation is 1. The van der Waals surface area contributed by atoms with Crippen LogP contribution in [0.5, 0.6) is 5.75 Å². The highest BCUT2D eigenvalue weighted by Gasteiger charge is 2.36. The largest absolute Gasteiger partial charge is 0.483 e. The fraction of sp³-hybridized carbons (Fsp3) is 0.107. The van der Waals surface area contributed by atoms with Crippen LogP contribution in [0.4, 0.5) is 16.2 Å². The number of esters is 1. The Labute approximate surface area is 242 Å². The number of barbiturate groups is 1. The normalized spacial score (nSPS) is 14.2. The number of nitrogens with one attached hydrogen (secondary N) is 2. The first-order valence-corrected chi connectivity index (χ1v) is 12.8. The van der Waals surface area contributed by atoms with Crippen LogP contribution in [0.25, 0.3) is 6.08 Å². The number of hydrogen-bond donors (Lipinski definition) is 2. The molecule has 10 nitrogen and oxygen atoms in total. The molecule has 0 bridgehead atoms. The number of benzene rings is 3. The second-order valence-electron chi connectivity index (χ2n) is 8.49. The van der Waals surface area contributed by atoms with Crippen molar-refractivity contribution in [3.8, 4) is 5.75 Å². The van der Waals surface area contributed by atoms with Gasteiger partial charge >= 0.3 is 12.0 Å². The van der Waals surface area contributed by atoms with Crippen molar-refractivity contribution in [1.82, 2.24) is 5.32 Å². The third-order valence-corrected chi connectivity index (χ3v) is 6.76. The molecule has 0 atom stereocenters. The summed E-state index contributed by atoms with van der Waals surface area (Å²) >= 11 is 9.45. The van der Waals surface area contributed by atoms with Crippen LogP contribution in [-0.4, -0.2) is 43.4 Å². The predicted molar refractivity (Wildman–Crippen MR) is 151 cm³/mol. The number of urea groups is 1. The molecule has 3 aromatic rings. The first-order valence-electron chi connectivity index (χ1n) is 11.7. The number of rotatable bonds is 7. The van der Waals surface area contributed by atoms with Gasteiger partial charge in [-0.2, -0.15) is 0 Å². The van der Waals surface area contributed by atoms with Crippen molar-refractivity contribution in [2.24, 2.45) is 0 Å². The van der Waals surface area contributed by atoms with E-state index in [1.165, 1.54) is 37.5 Å². The number of carbonyl (C=O) groups excluding carboxylic acids is 5. The predicted octanol–water partition coefficient (Wildman–Crippen LogP) is 4.88. The molecule has 1 aliphatic heterocycles. The van der Waals surface area contributed by atoms with Crippen molar-refractivity contribution >= 4 is 74.7 Å². The molecule has 1 aliphatic rings. The molecule has 1 fully saturated rings. The number of halogens is 2. The minimum absolute atomic E-state index is 0.157. The molecule has 1 heterocycles. The van der Waals surface area contributed by atoms with Crippen LogP contribution in [-0.2, 0) is 19.1 Å². The molecule has 0 unspecified atom stereocenters. The number of anilines is 2. The van der Waals surface area contributed by atoms with Gasteiger partial charge < -0.3 is 14.8 Å². The highest BCUT2D eigenvalue weighted by Crippen LogP contribution is 2.28. The Morgan fingerprint density at radius 1 is 1.05 bits per heavy atom. The van der Waals surface area contributed by atoms with Gasteiger partial charge in [-0.25, -0.2) is 14.5 Å². The van der Waals surface area contributed by atoms with Crippen molar-refractivity contribution in [1.29, 1.82) is 0 Å². The Balaban J connectivity index is 1.47. The molecule has 4 rings (SSSR count). The minimum atomic E-state index is -0.922. The van der Waals surface area contributed by atoms with E-state index in [-0.39, 0.29) is 23.4 Å². The first-order chi connectivity index (χ1) is 19.1. The van der Waals surface area contributed by atoms with E-state index in [2.05, 4.69) is 31.3 Å². The van der Waals surface area contributed by atoms with Crippen molar-refractivity contribution < 1.29 is 33.4 Å². The van der Waals surface area contributed by atoms with Gasteiger partial charge in [-0.05, 0) is 88.6 Å². The van der Waals surface area contributed by atoms with E-state index >= 15 is 0 Å². The summed E-state index contributed by atoms with van der Waals surface area (Å²) in [5.41, 5.74) is 1.97. The summed E-state index contributed by atoms with van der Waals surface area (Å²) in [6.45, 7) is 1.57. The minimum Gasteiger partial charge on any atom is -0.483 e. The molecule has 40 heavy (non-hydrogen) atoms. The molecule has 12 heteroatoms. The molecule has 1 saturated heterocycles. The smallest absolute Gasteiger partial charge is 0.337 e. The molecule has 204 valence electrons. The molecule has 0 spiro atoms. The number of methoxy groups -OCH3 is 1. The van der Waals surface area contributed by atoms with Gasteiger partial charge in [0.25, 0.3) is 17.7 Å². The van der Waals surface area contributed by atoms with E-state index in [0.717, 1.165) is 10.5 Å². The molecule has 0 saturated carbocycles. The van der Waals surface area contributed by atoms with E-state index in [1.54, 1.807) is 36.4 Å². The van der Waals surface area contributed by atoms with Gasteiger partial charge in [-0.15, -0.1) is 0 Å². The summed E-state index contributed by atoms with van der Waals surface area (Å²) in [7, 11) is 1.23. The molecule has 0 aliphatic carbocycles. The Morgan fingerprint density at radius 3 is 2.42 bits per heavy atom. The zero-order valence-corrected chi connectivity index (χ0v) is 23.5. The lowest BCUT2D eigenvalue weighted by molar-refractivity contribution is -0.122. The van der Waals surface area contributed by atoms with Gasteiger partial charge in [0.15, 0.2) is 6.61 Å². The first kappa shape index (κ1) is 28.5. The lowest BCUT2D eigenvalue weighted by Crippen LogP contribution is -2.54. The zero-order valence-electron chi connectivity index (χ0n) is 21.1. The summed E-state index contributed by atoms with van der Waals surface area (Å²) < 4.78 is 10.7. The molecule has 0 radical (unpaired) electrons. The van der Waals surface area contributed by atoms with E-state index in [0.29, 0.717) is 26.5 Å². The molecule has 3 aromatic carbocycles. The van der Waals surface area contributed by atoms with Gasteiger partial charge in [0, 0.05) is 10.7 Å². The second-order valence-corrected chi connectivity index (χ2v) is 9.75. The third-order valence-electron chi connectivity index (χ3n) is 5.73. The molecular weight excluding hydrogens is 606 g/mol. The van der Waals surface area contributed by atoms with Gasteiger partial charge in [0.2, 0.25) is 0 Å². The lowest BCUT2D eigenvalue weighted by atomic mass is 10.1. The Bertz CT molecular complexity index is 1570. The van der Waals surface area contributed by atoms with Crippen LogP contribution in [0, 0.1) is 6.92 Å². The van der Waals surface area contributed by atoms with Gasteiger partial charge in [0.05, 0.1) is 22.8 Å². The fourth-order valence-corrected chi connectivity index (χ4v) is 4.35. The average molecular weight is 627 g/mol. The molecule has 5 amide bonds. The maximum absolute atomic E-state index is 13.1. The summed E-state index contributed by atoms with van der Waals surface area (Å²) in [6.07, 6.45) is 1.32. The maximum atomic E-state index is 13.1. The highest BCUT2D eigenvalue weighted by atomic mass is 79.9. The summed E-state index contributed by atoms with van der Waals surface area (Å²) in [4.78, 5) is 62.9. The topological polar surface area (TPSA) is 131 Å². The van der Waals surface area contributed by atoms with Crippen molar-refractivity contribution in [2.45, 2.75) is 6.92 Å². The molecular formula is C28H21BrClN3O7. The van der Waals surface area contributed by atoms with Gasteiger partial charge in [-0.3, -0.25) is 19.7 Å². The van der Waals surface area contributed by atoms with E-state index in [9.17, 15) is 24.0 Å². The lowest BCUT2D eigenvalue weighted by Gasteiger charge is -2.26. The number of nitrogens with zero attached hydrogens (tertiary/aromatic N) is 1. The maximum Gasteiger partial charge on any atom is 0.337 e. The number of carbonyl (C=O) groups is 5. The quantitative estimate of drug-likeness (QED) is 0.217. The van der Waals surface area contributed by atoms with Crippen LogP contribution in [0.3, 0.4) is 0 Å². The van der Waals surface area contributed by atoms with Gasteiger partial charge in [0.1, 0.15) is 11.3 Å².